The fourth-order valence-electron chi connectivity index (χ4n) is 2.66. The Morgan fingerprint density at radius 2 is 2.00 bits per heavy atom. The van der Waals surface area contributed by atoms with Crippen molar-refractivity contribution in [3.05, 3.63) is 41.7 Å². The van der Waals surface area contributed by atoms with Crippen molar-refractivity contribution in [3.63, 3.8) is 0 Å². The van der Waals surface area contributed by atoms with E-state index in [1.807, 2.05) is 30.3 Å². The van der Waals surface area contributed by atoms with Crippen LogP contribution in [0.15, 0.2) is 35.5 Å². The molecule has 21 heavy (non-hydrogen) atoms. The van der Waals surface area contributed by atoms with Gasteiger partial charge in [-0.25, -0.2) is 13.1 Å². The molecule has 7 heteroatoms. The highest BCUT2D eigenvalue weighted by Gasteiger charge is 2.42. The van der Waals surface area contributed by atoms with Crippen LogP contribution in [0.25, 0.3) is 0 Å². The molecular formula is C14H15N3O3S. The normalized spacial score (nSPS) is 29.2. The summed E-state index contributed by atoms with van der Waals surface area (Å²) in [5.74, 6) is 0.000535. The van der Waals surface area contributed by atoms with E-state index in [1.165, 1.54) is 4.68 Å². The SMILES string of the molecule is [2H][C@]1(O)C[C@@H](c2ccccc2)n2nc(S(=O)(=O)C3CC3)nc21. The Kier molecular flexibility index (Phi) is 2.48. The van der Waals surface area contributed by atoms with Crippen LogP contribution >= 0.6 is 0 Å². The zero-order valence-electron chi connectivity index (χ0n) is 12.2. The van der Waals surface area contributed by atoms with Crippen molar-refractivity contribution < 1.29 is 14.9 Å². The average Bonchev–Trinajstić information content (AvgIpc) is 3.19. The Bertz CT molecular complexity index is 828. The molecular weight excluding hydrogens is 290 g/mol. The summed E-state index contributed by atoms with van der Waals surface area (Å²) in [4.78, 5) is 3.98. The van der Waals surface area contributed by atoms with Crippen LogP contribution in [0.1, 0.15) is 44.1 Å². The van der Waals surface area contributed by atoms with E-state index in [2.05, 4.69) is 10.1 Å². The van der Waals surface area contributed by atoms with E-state index in [-0.39, 0.29) is 23.4 Å². The Balaban J connectivity index is 1.82. The van der Waals surface area contributed by atoms with Gasteiger partial charge in [0.15, 0.2) is 5.82 Å². The van der Waals surface area contributed by atoms with Crippen LogP contribution in [0, 0.1) is 0 Å². The molecule has 110 valence electrons. The molecule has 2 atom stereocenters. The van der Waals surface area contributed by atoms with Crippen molar-refractivity contribution in [2.24, 2.45) is 0 Å². The lowest BCUT2D eigenvalue weighted by atomic mass is 10.0. The van der Waals surface area contributed by atoms with E-state index in [4.69, 9.17) is 1.37 Å². The Labute approximate surface area is 123 Å². The molecule has 1 N–H and O–H groups in total. The smallest absolute Gasteiger partial charge is 0.267 e. The molecule has 1 aromatic carbocycles. The van der Waals surface area contributed by atoms with E-state index < -0.39 is 21.2 Å². The number of sulfone groups is 1. The molecule has 6 nitrogen and oxygen atoms in total. The Morgan fingerprint density at radius 1 is 1.29 bits per heavy atom. The number of nitrogens with zero attached hydrogens (tertiary/aromatic N) is 3. The summed E-state index contributed by atoms with van der Waals surface area (Å²) in [6.45, 7) is 0. The molecule has 2 heterocycles. The van der Waals surface area contributed by atoms with Gasteiger partial charge in [0, 0.05) is 6.42 Å². The summed E-state index contributed by atoms with van der Waals surface area (Å²) in [7, 11) is -3.54. The quantitative estimate of drug-likeness (QED) is 0.922. The molecule has 4 rings (SSSR count). The Morgan fingerprint density at radius 3 is 2.67 bits per heavy atom. The van der Waals surface area contributed by atoms with Crippen molar-refractivity contribution >= 4 is 9.84 Å². The van der Waals surface area contributed by atoms with Crippen molar-refractivity contribution in [3.8, 4) is 0 Å². The summed E-state index contributed by atoms with van der Waals surface area (Å²) in [6.07, 6.45) is -0.570. The molecule has 0 saturated heterocycles. The number of aliphatic hydroxyl groups is 1. The van der Waals surface area contributed by atoms with Crippen LogP contribution in [-0.2, 0) is 9.84 Å². The van der Waals surface area contributed by atoms with Gasteiger partial charge in [0.2, 0.25) is 9.84 Å². The maximum atomic E-state index is 12.3. The fourth-order valence-corrected chi connectivity index (χ4v) is 4.13. The molecule has 0 bridgehead atoms. The average molecular weight is 306 g/mol. The van der Waals surface area contributed by atoms with Crippen LogP contribution in [0.3, 0.4) is 0 Å². The summed E-state index contributed by atoms with van der Waals surface area (Å²) < 4.78 is 34.0. The second kappa shape index (κ2) is 4.38. The third-order valence-electron chi connectivity index (χ3n) is 3.95. The Hall–Kier alpha value is -1.73. The van der Waals surface area contributed by atoms with Gasteiger partial charge in [0.1, 0.15) is 6.08 Å². The van der Waals surface area contributed by atoms with Crippen molar-refractivity contribution in [1.82, 2.24) is 14.8 Å². The van der Waals surface area contributed by atoms with E-state index in [0.29, 0.717) is 12.8 Å². The molecule has 1 aromatic heterocycles. The molecule has 0 amide bonds. The van der Waals surface area contributed by atoms with Crippen LogP contribution in [0.2, 0.25) is 0 Å². The fraction of sp³-hybridized carbons (Fsp3) is 0.429. The second-order valence-electron chi connectivity index (χ2n) is 5.48. The van der Waals surface area contributed by atoms with Gasteiger partial charge in [-0.1, -0.05) is 30.3 Å². The lowest BCUT2D eigenvalue weighted by Gasteiger charge is -2.11. The second-order valence-corrected chi connectivity index (χ2v) is 7.61. The van der Waals surface area contributed by atoms with Gasteiger partial charge in [-0.2, -0.15) is 4.98 Å². The van der Waals surface area contributed by atoms with Gasteiger partial charge < -0.3 is 5.11 Å². The predicted molar refractivity (Wildman–Crippen MR) is 74.4 cm³/mol. The van der Waals surface area contributed by atoms with Gasteiger partial charge in [0.05, 0.1) is 12.7 Å². The standard InChI is InChI=1S/C14H15N3O3S/c18-12-8-11(9-4-2-1-3-5-9)17-13(12)15-14(16-17)21(19,20)10-6-7-10/h1-5,10-12,18H,6-8H2/t11-,12-/m0/s1/i12D. The summed E-state index contributed by atoms with van der Waals surface area (Å²) in [5.41, 5.74) is 0.868. The van der Waals surface area contributed by atoms with Crippen LogP contribution < -0.4 is 0 Å². The minimum absolute atomic E-state index is 0.000535. The summed E-state index contributed by atoms with van der Waals surface area (Å²) in [5, 5.41) is 13.7. The summed E-state index contributed by atoms with van der Waals surface area (Å²) in [6, 6.07) is 8.94. The van der Waals surface area contributed by atoms with Crippen LogP contribution in [0.4, 0.5) is 0 Å². The maximum Gasteiger partial charge on any atom is 0.267 e. The lowest BCUT2D eigenvalue weighted by molar-refractivity contribution is 0.171. The minimum atomic E-state index is -3.54. The highest BCUT2D eigenvalue weighted by Crippen LogP contribution is 2.39. The monoisotopic (exact) mass is 306 g/mol. The number of fused-ring (bicyclic) bond motifs is 1. The highest BCUT2D eigenvalue weighted by molar-refractivity contribution is 7.92. The van der Waals surface area contributed by atoms with E-state index in [9.17, 15) is 13.5 Å². The van der Waals surface area contributed by atoms with Crippen molar-refractivity contribution in [2.75, 3.05) is 0 Å². The largest absolute Gasteiger partial charge is 0.385 e. The third kappa shape index (κ3) is 1.99. The van der Waals surface area contributed by atoms with Crippen LogP contribution in [-0.4, -0.2) is 33.5 Å². The molecule has 1 saturated carbocycles. The molecule has 1 aliphatic heterocycles. The van der Waals surface area contributed by atoms with E-state index in [0.717, 1.165) is 5.56 Å². The molecule has 0 spiro atoms. The molecule has 0 radical (unpaired) electrons. The van der Waals surface area contributed by atoms with Crippen LogP contribution in [0.5, 0.6) is 0 Å². The first kappa shape index (κ1) is 11.9. The molecule has 2 aliphatic rings. The van der Waals surface area contributed by atoms with E-state index >= 15 is 0 Å². The number of rotatable bonds is 3. The first-order valence-corrected chi connectivity index (χ1v) is 8.42. The van der Waals surface area contributed by atoms with Gasteiger partial charge in [-0.3, -0.25) is 0 Å². The lowest BCUT2D eigenvalue weighted by Crippen LogP contribution is -2.12. The number of hydrogen-bond donors (Lipinski definition) is 1. The molecule has 0 unspecified atom stereocenters. The molecule has 2 aromatic rings. The third-order valence-corrected chi connectivity index (χ3v) is 5.98. The van der Waals surface area contributed by atoms with E-state index in [1.54, 1.807) is 0 Å². The number of aromatic nitrogens is 3. The maximum absolute atomic E-state index is 12.3. The molecule has 1 aliphatic carbocycles. The molecule has 1 fully saturated rings. The highest BCUT2D eigenvalue weighted by atomic mass is 32.2. The minimum Gasteiger partial charge on any atom is -0.385 e. The van der Waals surface area contributed by atoms with Crippen molar-refractivity contribution in [1.29, 1.82) is 0 Å². The topological polar surface area (TPSA) is 85.1 Å². The summed E-state index contributed by atoms with van der Waals surface area (Å²) >= 11 is 0. The first-order chi connectivity index (χ1) is 10.4. The zero-order chi connectivity index (χ0) is 15.5. The van der Waals surface area contributed by atoms with Gasteiger partial charge >= 0.3 is 0 Å². The first-order valence-electron chi connectivity index (χ1n) is 7.38. The number of hydrogen-bond acceptors (Lipinski definition) is 5. The predicted octanol–water partition coefficient (Wildman–Crippen LogP) is 1.24. The number of benzene rings is 1. The van der Waals surface area contributed by atoms with Gasteiger partial charge in [-0.15, -0.1) is 5.10 Å². The zero-order valence-corrected chi connectivity index (χ0v) is 12.0. The van der Waals surface area contributed by atoms with Gasteiger partial charge in [-0.05, 0) is 18.4 Å². The van der Waals surface area contributed by atoms with Gasteiger partial charge in [0.25, 0.3) is 5.16 Å². The van der Waals surface area contributed by atoms with Crippen molar-refractivity contribution in [2.45, 2.75) is 41.8 Å².